The number of amides is 1. The van der Waals surface area contributed by atoms with E-state index in [0.717, 1.165) is 22.9 Å². The SMILES string of the molecule is CCCC(C(N)=O)c1c[nH]c2ccc(F)cc12. The highest BCUT2D eigenvalue weighted by Crippen LogP contribution is 2.29. The number of primary amides is 1. The van der Waals surface area contributed by atoms with Gasteiger partial charge in [-0.25, -0.2) is 4.39 Å². The second kappa shape index (κ2) is 4.57. The smallest absolute Gasteiger partial charge is 0.225 e. The number of aromatic nitrogens is 1. The molecule has 2 aromatic rings. The second-order valence-corrected chi connectivity index (χ2v) is 4.18. The van der Waals surface area contributed by atoms with Crippen molar-refractivity contribution in [3.05, 3.63) is 35.8 Å². The number of aromatic amines is 1. The fourth-order valence-electron chi connectivity index (χ4n) is 2.14. The topological polar surface area (TPSA) is 58.9 Å². The Morgan fingerprint density at radius 3 is 2.94 bits per heavy atom. The van der Waals surface area contributed by atoms with Gasteiger partial charge >= 0.3 is 0 Å². The maximum absolute atomic E-state index is 13.2. The Kier molecular flexibility index (Phi) is 3.13. The first-order valence-corrected chi connectivity index (χ1v) is 5.69. The van der Waals surface area contributed by atoms with Crippen molar-refractivity contribution in [1.29, 1.82) is 0 Å². The van der Waals surface area contributed by atoms with Crippen molar-refractivity contribution < 1.29 is 9.18 Å². The average molecular weight is 234 g/mol. The Morgan fingerprint density at radius 2 is 2.29 bits per heavy atom. The molecule has 1 aromatic heterocycles. The van der Waals surface area contributed by atoms with Crippen LogP contribution in [0.1, 0.15) is 31.2 Å². The zero-order valence-corrected chi connectivity index (χ0v) is 9.66. The van der Waals surface area contributed by atoms with Gasteiger partial charge in [0, 0.05) is 17.1 Å². The molecule has 2 rings (SSSR count). The number of hydrogen-bond acceptors (Lipinski definition) is 1. The van der Waals surface area contributed by atoms with E-state index >= 15 is 0 Å². The van der Waals surface area contributed by atoms with Gasteiger partial charge in [0.2, 0.25) is 5.91 Å². The summed E-state index contributed by atoms with van der Waals surface area (Å²) in [6.07, 6.45) is 3.28. The minimum atomic E-state index is -0.364. The van der Waals surface area contributed by atoms with E-state index in [2.05, 4.69) is 4.98 Å². The first kappa shape index (κ1) is 11.6. The highest BCUT2D eigenvalue weighted by atomic mass is 19.1. The van der Waals surface area contributed by atoms with Crippen LogP contribution in [0.2, 0.25) is 0 Å². The summed E-state index contributed by atoms with van der Waals surface area (Å²) in [5.41, 5.74) is 7.01. The van der Waals surface area contributed by atoms with Gasteiger partial charge in [0.05, 0.1) is 5.92 Å². The van der Waals surface area contributed by atoms with Gasteiger partial charge in [-0.15, -0.1) is 0 Å². The van der Waals surface area contributed by atoms with Crippen LogP contribution in [-0.4, -0.2) is 10.9 Å². The van der Waals surface area contributed by atoms with Gasteiger partial charge < -0.3 is 10.7 Å². The van der Waals surface area contributed by atoms with E-state index in [0.29, 0.717) is 6.42 Å². The van der Waals surface area contributed by atoms with Crippen LogP contribution in [0.3, 0.4) is 0 Å². The largest absolute Gasteiger partial charge is 0.369 e. The van der Waals surface area contributed by atoms with E-state index in [9.17, 15) is 9.18 Å². The highest BCUT2D eigenvalue weighted by Gasteiger charge is 2.20. The number of benzene rings is 1. The maximum Gasteiger partial charge on any atom is 0.225 e. The number of nitrogens with one attached hydrogen (secondary N) is 1. The molecule has 90 valence electrons. The summed E-state index contributed by atoms with van der Waals surface area (Å²) in [6.45, 7) is 1.99. The lowest BCUT2D eigenvalue weighted by Gasteiger charge is -2.11. The number of fused-ring (bicyclic) bond motifs is 1. The average Bonchev–Trinajstić information content (AvgIpc) is 2.68. The van der Waals surface area contributed by atoms with Crippen LogP contribution in [0.25, 0.3) is 10.9 Å². The minimum Gasteiger partial charge on any atom is -0.369 e. The number of carbonyl (C=O) groups excluding carboxylic acids is 1. The zero-order valence-electron chi connectivity index (χ0n) is 9.66. The summed E-state index contributed by atoms with van der Waals surface area (Å²) in [4.78, 5) is 14.5. The Labute approximate surface area is 98.8 Å². The van der Waals surface area contributed by atoms with E-state index in [1.54, 1.807) is 12.3 Å². The van der Waals surface area contributed by atoms with Crippen LogP contribution < -0.4 is 5.73 Å². The van der Waals surface area contributed by atoms with Crippen LogP contribution in [0, 0.1) is 5.82 Å². The number of hydrogen-bond donors (Lipinski definition) is 2. The van der Waals surface area contributed by atoms with E-state index in [1.165, 1.54) is 12.1 Å². The molecule has 0 fully saturated rings. The second-order valence-electron chi connectivity index (χ2n) is 4.18. The molecule has 1 amide bonds. The Hall–Kier alpha value is -1.84. The van der Waals surface area contributed by atoms with Gasteiger partial charge in [-0.3, -0.25) is 4.79 Å². The molecule has 1 unspecified atom stereocenters. The van der Waals surface area contributed by atoms with E-state index in [4.69, 9.17) is 5.73 Å². The van der Waals surface area contributed by atoms with Crippen LogP contribution in [0.15, 0.2) is 24.4 Å². The lowest BCUT2D eigenvalue weighted by molar-refractivity contribution is -0.119. The first-order valence-electron chi connectivity index (χ1n) is 5.69. The number of rotatable bonds is 4. The molecule has 0 saturated heterocycles. The van der Waals surface area contributed by atoms with Crippen molar-refractivity contribution in [1.82, 2.24) is 4.98 Å². The molecule has 0 saturated carbocycles. The predicted molar refractivity (Wildman–Crippen MR) is 65.1 cm³/mol. The molecule has 3 N–H and O–H groups in total. The van der Waals surface area contributed by atoms with Crippen molar-refractivity contribution in [2.24, 2.45) is 5.73 Å². The van der Waals surface area contributed by atoms with Crippen LogP contribution in [-0.2, 0) is 4.79 Å². The van der Waals surface area contributed by atoms with Crippen molar-refractivity contribution in [3.8, 4) is 0 Å². The Balaban J connectivity index is 2.53. The molecule has 3 nitrogen and oxygen atoms in total. The molecule has 0 bridgehead atoms. The van der Waals surface area contributed by atoms with Gasteiger partial charge in [-0.05, 0) is 30.2 Å². The molecular formula is C13H15FN2O. The monoisotopic (exact) mass is 234 g/mol. The molecule has 0 aliphatic carbocycles. The Morgan fingerprint density at radius 1 is 1.53 bits per heavy atom. The molecular weight excluding hydrogens is 219 g/mol. The minimum absolute atomic E-state index is 0.307. The number of H-pyrrole nitrogens is 1. The third-order valence-corrected chi connectivity index (χ3v) is 2.97. The summed E-state index contributed by atoms with van der Waals surface area (Å²) < 4.78 is 13.2. The van der Waals surface area contributed by atoms with Crippen molar-refractivity contribution in [2.45, 2.75) is 25.7 Å². The summed E-state index contributed by atoms with van der Waals surface area (Å²) in [7, 11) is 0. The summed E-state index contributed by atoms with van der Waals surface area (Å²) in [5, 5.41) is 0.738. The van der Waals surface area contributed by atoms with Crippen LogP contribution in [0.4, 0.5) is 4.39 Å². The molecule has 1 heterocycles. The fraction of sp³-hybridized carbons (Fsp3) is 0.308. The van der Waals surface area contributed by atoms with Crippen LogP contribution in [0.5, 0.6) is 0 Å². The molecule has 1 atom stereocenters. The number of carbonyl (C=O) groups is 1. The summed E-state index contributed by atoms with van der Waals surface area (Å²) >= 11 is 0. The van der Waals surface area contributed by atoms with Gasteiger partial charge in [0.15, 0.2) is 0 Å². The van der Waals surface area contributed by atoms with E-state index in [-0.39, 0.29) is 17.6 Å². The molecule has 0 radical (unpaired) electrons. The first-order chi connectivity index (χ1) is 8.13. The molecule has 0 aliphatic heterocycles. The van der Waals surface area contributed by atoms with E-state index < -0.39 is 0 Å². The number of nitrogens with two attached hydrogens (primary N) is 1. The van der Waals surface area contributed by atoms with Gasteiger partial charge in [0.25, 0.3) is 0 Å². The Bertz CT molecular complexity index is 547. The normalized spacial score (nSPS) is 12.8. The van der Waals surface area contributed by atoms with Crippen molar-refractivity contribution in [2.75, 3.05) is 0 Å². The van der Waals surface area contributed by atoms with Crippen molar-refractivity contribution >= 4 is 16.8 Å². The van der Waals surface area contributed by atoms with Gasteiger partial charge in [0.1, 0.15) is 5.82 Å². The third kappa shape index (κ3) is 2.16. The summed E-state index contributed by atoms with van der Waals surface area (Å²) in [6, 6.07) is 4.49. The van der Waals surface area contributed by atoms with E-state index in [1.807, 2.05) is 6.92 Å². The molecule has 0 spiro atoms. The van der Waals surface area contributed by atoms with Crippen LogP contribution >= 0.6 is 0 Å². The lowest BCUT2D eigenvalue weighted by Crippen LogP contribution is -2.21. The highest BCUT2D eigenvalue weighted by molar-refractivity contribution is 5.91. The predicted octanol–water partition coefficient (Wildman–Crippen LogP) is 2.68. The fourth-order valence-corrected chi connectivity index (χ4v) is 2.14. The molecule has 4 heteroatoms. The molecule has 17 heavy (non-hydrogen) atoms. The third-order valence-electron chi connectivity index (χ3n) is 2.97. The molecule has 1 aromatic carbocycles. The van der Waals surface area contributed by atoms with Crippen molar-refractivity contribution in [3.63, 3.8) is 0 Å². The molecule has 0 aliphatic rings. The quantitative estimate of drug-likeness (QED) is 0.839. The van der Waals surface area contributed by atoms with Gasteiger partial charge in [-0.1, -0.05) is 13.3 Å². The number of halogens is 1. The lowest BCUT2D eigenvalue weighted by atomic mass is 9.93. The zero-order chi connectivity index (χ0) is 12.4. The standard InChI is InChI=1S/C13H15FN2O/c1-2-3-9(13(15)17)11-7-16-12-5-4-8(14)6-10(11)12/h4-7,9,16H,2-3H2,1H3,(H2,15,17). The maximum atomic E-state index is 13.2. The summed E-state index contributed by atoms with van der Waals surface area (Å²) in [5.74, 6) is -1.02. The van der Waals surface area contributed by atoms with Gasteiger partial charge in [-0.2, -0.15) is 0 Å².